The third-order valence-electron chi connectivity index (χ3n) is 4.66. The molecule has 0 unspecified atom stereocenters. The minimum Gasteiger partial charge on any atom is -0.497 e. The zero-order valence-electron chi connectivity index (χ0n) is 17.2. The molecule has 2 aromatic rings. The van der Waals surface area contributed by atoms with E-state index in [1.165, 1.54) is 12.5 Å². The first-order chi connectivity index (χ1) is 13.1. The van der Waals surface area contributed by atoms with Crippen LogP contribution in [0.1, 0.15) is 20.8 Å². The summed E-state index contributed by atoms with van der Waals surface area (Å²) in [5.41, 5.74) is 2.79. The fraction of sp³-hybridized carbons (Fsp3) is 0.474. The van der Waals surface area contributed by atoms with Gasteiger partial charge in [-0.3, -0.25) is 4.84 Å². The highest BCUT2D eigenvalue weighted by atomic mass is 35.5. The lowest BCUT2D eigenvalue weighted by Crippen LogP contribution is -2.41. The molecular formula is C19H28ClN3O4Si. The molecule has 2 rings (SSSR count). The Bertz CT molecular complexity index is 784. The van der Waals surface area contributed by atoms with E-state index >= 15 is 0 Å². The molecule has 0 atom stereocenters. The van der Waals surface area contributed by atoms with Crippen molar-refractivity contribution in [1.82, 2.24) is 9.97 Å². The first-order valence-corrected chi connectivity index (χ1v) is 12.3. The van der Waals surface area contributed by atoms with Crippen molar-refractivity contribution in [2.45, 2.75) is 38.9 Å². The third kappa shape index (κ3) is 6.06. The van der Waals surface area contributed by atoms with E-state index in [1.54, 1.807) is 25.3 Å². The molecule has 0 aliphatic heterocycles. The minimum absolute atomic E-state index is 0.157. The Labute approximate surface area is 172 Å². The molecule has 0 radical (unpaired) electrons. The molecule has 9 heteroatoms. The predicted molar refractivity (Wildman–Crippen MR) is 113 cm³/mol. The van der Waals surface area contributed by atoms with Crippen LogP contribution in [-0.2, 0) is 9.26 Å². The summed E-state index contributed by atoms with van der Waals surface area (Å²) >= 11 is 6.19. The number of anilines is 1. The first kappa shape index (κ1) is 22.4. The van der Waals surface area contributed by atoms with Crippen molar-refractivity contribution in [3.8, 4) is 17.2 Å². The van der Waals surface area contributed by atoms with Gasteiger partial charge in [0.1, 0.15) is 17.8 Å². The van der Waals surface area contributed by atoms with Gasteiger partial charge in [-0.25, -0.2) is 15.4 Å². The molecule has 0 aliphatic rings. The number of methoxy groups -OCH3 is 1. The van der Waals surface area contributed by atoms with Crippen molar-refractivity contribution in [1.29, 1.82) is 0 Å². The van der Waals surface area contributed by atoms with E-state index in [2.05, 4.69) is 49.3 Å². The third-order valence-corrected chi connectivity index (χ3v) is 9.51. The van der Waals surface area contributed by atoms with Crippen molar-refractivity contribution >= 4 is 25.7 Å². The van der Waals surface area contributed by atoms with Gasteiger partial charge in [-0.05, 0) is 30.3 Å². The number of rotatable bonds is 9. The van der Waals surface area contributed by atoms with Crippen LogP contribution in [-0.4, -0.2) is 38.6 Å². The largest absolute Gasteiger partial charge is 0.497 e. The maximum absolute atomic E-state index is 6.19. The van der Waals surface area contributed by atoms with Crippen LogP contribution >= 0.6 is 11.6 Å². The van der Waals surface area contributed by atoms with Gasteiger partial charge in [-0.2, -0.15) is 0 Å². The zero-order chi connectivity index (χ0) is 20.8. The van der Waals surface area contributed by atoms with Crippen molar-refractivity contribution in [3.05, 3.63) is 35.7 Å². The Kier molecular flexibility index (Phi) is 7.65. The maximum atomic E-state index is 6.19. The topological polar surface area (TPSA) is 74.7 Å². The molecule has 0 saturated heterocycles. The number of nitrogens with zero attached hydrogens (tertiary/aromatic N) is 2. The molecule has 0 amide bonds. The number of benzene rings is 1. The van der Waals surface area contributed by atoms with Crippen LogP contribution in [0.4, 0.5) is 5.82 Å². The number of ether oxygens (including phenoxy) is 2. The number of halogens is 1. The monoisotopic (exact) mass is 425 g/mol. The quantitative estimate of drug-likeness (QED) is 0.332. The lowest BCUT2D eigenvalue weighted by atomic mass is 10.2. The van der Waals surface area contributed by atoms with Crippen molar-refractivity contribution < 1.29 is 18.7 Å². The van der Waals surface area contributed by atoms with Crippen molar-refractivity contribution in [3.63, 3.8) is 0 Å². The summed E-state index contributed by atoms with van der Waals surface area (Å²) in [6.45, 7) is 11.9. The van der Waals surface area contributed by atoms with Crippen LogP contribution < -0.4 is 15.0 Å². The SMILES string of the molecule is COc1ccc(Cl)c(Oc2cncnc2NOCCO[Si](C)(C)C(C)(C)C)c1. The highest BCUT2D eigenvalue weighted by Crippen LogP contribution is 2.36. The molecule has 0 spiro atoms. The highest BCUT2D eigenvalue weighted by molar-refractivity contribution is 6.74. The van der Waals surface area contributed by atoms with Gasteiger partial charge in [0.15, 0.2) is 19.9 Å². The van der Waals surface area contributed by atoms with Crippen molar-refractivity contribution in [2.75, 3.05) is 25.8 Å². The summed E-state index contributed by atoms with van der Waals surface area (Å²) in [7, 11) is -0.221. The van der Waals surface area contributed by atoms with E-state index in [0.29, 0.717) is 41.3 Å². The van der Waals surface area contributed by atoms with E-state index in [0.717, 1.165) is 0 Å². The van der Waals surface area contributed by atoms with Gasteiger partial charge in [0.2, 0.25) is 0 Å². The summed E-state index contributed by atoms with van der Waals surface area (Å²) < 4.78 is 17.1. The lowest BCUT2D eigenvalue weighted by molar-refractivity contribution is 0.135. The minimum atomic E-state index is -1.80. The van der Waals surface area contributed by atoms with E-state index in [9.17, 15) is 0 Å². The van der Waals surface area contributed by atoms with Crippen LogP contribution in [0, 0.1) is 0 Å². The van der Waals surface area contributed by atoms with Crippen LogP contribution in [0.5, 0.6) is 17.2 Å². The van der Waals surface area contributed by atoms with Crippen molar-refractivity contribution in [2.24, 2.45) is 0 Å². The Morgan fingerprint density at radius 3 is 2.57 bits per heavy atom. The smallest absolute Gasteiger partial charge is 0.196 e. The second kappa shape index (κ2) is 9.55. The maximum Gasteiger partial charge on any atom is 0.196 e. The average Bonchev–Trinajstić information content (AvgIpc) is 2.63. The molecule has 1 aromatic heterocycles. The van der Waals surface area contributed by atoms with Gasteiger partial charge >= 0.3 is 0 Å². The Morgan fingerprint density at radius 2 is 1.89 bits per heavy atom. The standard InChI is InChI=1S/C19H28ClN3O4Si/c1-19(2,3)28(5,6)26-10-9-25-23-18-17(12-21-13-22-18)27-16-11-14(24-4)7-8-15(16)20/h7-8,11-13H,9-10H2,1-6H3,(H,21,22,23). The summed E-state index contributed by atoms with van der Waals surface area (Å²) in [4.78, 5) is 13.6. The molecule has 1 aromatic carbocycles. The lowest BCUT2D eigenvalue weighted by Gasteiger charge is -2.36. The van der Waals surface area contributed by atoms with E-state index in [4.69, 9.17) is 30.3 Å². The Hall–Kier alpha value is -1.87. The van der Waals surface area contributed by atoms with E-state index in [1.807, 2.05) is 0 Å². The molecule has 28 heavy (non-hydrogen) atoms. The van der Waals surface area contributed by atoms with Gasteiger partial charge in [-0.1, -0.05) is 32.4 Å². The predicted octanol–water partition coefficient (Wildman–Crippen LogP) is 5.30. The van der Waals surface area contributed by atoms with Crippen LogP contribution in [0.3, 0.4) is 0 Å². The van der Waals surface area contributed by atoms with E-state index in [-0.39, 0.29) is 5.04 Å². The normalized spacial score (nSPS) is 12.0. The summed E-state index contributed by atoms with van der Waals surface area (Å²) in [6, 6.07) is 5.13. The Balaban J connectivity index is 1.94. The van der Waals surface area contributed by atoms with Crippen LogP contribution in [0.2, 0.25) is 23.2 Å². The number of nitrogens with one attached hydrogen (secondary N) is 1. The molecule has 0 aliphatic carbocycles. The molecule has 1 heterocycles. The molecule has 0 bridgehead atoms. The summed E-state index contributed by atoms with van der Waals surface area (Å²) in [5, 5.41) is 0.601. The molecule has 0 fully saturated rings. The Morgan fingerprint density at radius 1 is 1.14 bits per heavy atom. The molecule has 0 saturated carbocycles. The van der Waals surface area contributed by atoms with Gasteiger partial charge in [-0.15, -0.1) is 0 Å². The fourth-order valence-corrected chi connectivity index (χ4v) is 3.13. The zero-order valence-corrected chi connectivity index (χ0v) is 19.0. The summed E-state index contributed by atoms with van der Waals surface area (Å²) in [6.07, 6.45) is 2.93. The summed E-state index contributed by atoms with van der Waals surface area (Å²) in [5.74, 6) is 1.83. The van der Waals surface area contributed by atoms with Gasteiger partial charge in [0.05, 0.1) is 31.5 Å². The second-order valence-electron chi connectivity index (χ2n) is 7.69. The average molecular weight is 426 g/mol. The van der Waals surface area contributed by atoms with Gasteiger partial charge in [0.25, 0.3) is 0 Å². The molecule has 154 valence electrons. The fourth-order valence-electron chi connectivity index (χ4n) is 1.95. The van der Waals surface area contributed by atoms with Gasteiger partial charge in [0, 0.05) is 6.07 Å². The van der Waals surface area contributed by atoms with E-state index < -0.39 is 8.32 Å². The second-order valence-corrected chi connectivity index (χ2v) is 12.9. The van der Waals surface area contributed by atoms with Gasteiger partial charge < -0.3 is 13.9 Å². The molecular weight excluding hydrogens is 398 g/mol. The highest BCUT2D eigenvalue weighted by Gasteiger charge is 2.36. The molecule has 7 nitrogen and oxygen atoms in total. The van der Waals surface area contributed by atoms with Crippen LogP contribution in [0.15, 0.2) is 30.7 Å². The van der Waals surface area contributed by atoms with Crippen LogP contribution in [0.25, 0.3) is 0 Å². The number of aromatic nitrogens is 2. The molecule has 1 N–H and O–H groups in total. The number of hydrogen-bond donors (Lipinski definition) is 1. The number of hydrogen-bond acceptors (Lipinski definition) is 7. The first-order valence-electron chi connectivity index (χ1n) is 8.97.